The topological polar surface area (TPSA) is 80.7 Å². The highest BCUT2D eigenvalue weighted by Gasteiger charge is 2.51. The monoisotopic (exact) mass is 527 g/mol. The molecule has 1 aliphatic carbocycles. The number of hydrogen-bond donors (Lipinski definition) is 2. The van der Waals surface area contributed by atoms with Crippen LogP contribution in [0.2, 0.25) is 0 Å². The van der Waals surface area contributed by atoms with Crippen LogP contribution in [-0.2, 0) is 11.8 Å². The molecule has 2 bridgehead atoms. The van der Waals surface area contributed by atoms with Crippen molar-refractivity contribution in [2.45, 2.75) is 49.7 Å². The van der Waals surface area contributed by atoms with Crippen LogP contribution in [0, 0.1) is 11.7 Å². The maximum Gasteiger partial charge on any atom is 0.301 e. The molecule has 8 nitrogen and oxygen atoms in total. The second-order valence-electron chi connectivity index (χ2n) is 10.8. The van der Waals surface area contributed by atoms with Crippen molar-refractivity contribution in [3.05, 3.63) is 46.6 Å². The zero-order valence-corrected chi connectivity index (χ0v) is 20.8. The van der Waals surface area contributed by atoms with Crippen molar-refractivity contribution in [2.24, 2.45) is 13.0 Å². The number of nitrogens with one attached hydrogen (secondary N) is 2. The van der Waals surface area contributed by atoms with Gasteiger partial charge >= 0.3 is 5.92 Å². The Morgan fingerprint density at radius 1 is 1.13 bits per heavy atom. The number of hydrogen-bond acceptors (Lipinski definition) is 7. The van der Waals surface area contributed by atoms with Crippen molar-refractivity contribution in [2.75, 3.05) is 35.4 Å². The van der Waals surface area contributed by atoms with Crippen LogP contribution in [-0.4, -0.2) is 53.4 Å². The lowest BCUT2D eigenvalue weighted by atomic mass is 10.0. The van der Waals surface area contributed by atoms with E-state index in [1.54, 1.807) is 31.3 Å². The van der Waals surface area contributed by atoms with Gasteiger partial charge in [0, 0.05) is 24.2 Å². The van der Waals surface area contributed by atoms with E-state index in [2.05, 4.69) is 20.5 Å². The van der Waals surface area contributed by atoms with Gasteiger partial charge in [-0.05, 0) is 49.8 Å². The van der Waals surface area contributed by atoms with E-state index in [9.17, 15) is 18.0 Å². The lowest BCUT2D eigenvalue weighted by Crippen LogP contribution is -2.46. The molecule has 0 radical (unpaired) electrons. The van der Waals surface area contributed by atoms with Crippen LogP contribution >= 0.6 is 0 Å². The normalized spacial score (nSPS) is 25.9. The molecular formula is C27H28F3N5O3. The van der Waals surface area contributed by atoms with E-state index in [0.717, 1.165) is 12.8 Å². The third kappa shape index (κ3) is 3.78. The zero-order chi connectivity index (χ0) is 26.2. The molecule has 3 fully saturated rings. The van der Waals surface area contributed by atoms with E-state index in [4.69, 9.17) is 9.47 Å². The van der Waals surface area contributed by atoms with E-state index in [1.165, 1.54) is 10.8 Å². The fraction of sp³-hybridized carbons (Fsp3) is 0.481. The van der Waals surface area contributed by atoms with Crippen molar-refractivity contribution < 1.29 is 22.6 Å². The molecule has 200 valence electrons. The van der Waals surface area contributed by atoms with Crippen LogP contribution in [0.25, 0.3) is 10.9 Å². The summed E-state index contributed by atoms with van der Waals surface area (Å²) in [5, 5.41) is 6.65. The minimum Gasteiger partial charge on any atom is -0.480 e. The first-order chi connectivity index (χ1) is 18.3. The number of aromatic nitrogens is 2. The van der Waals surface area contributed by atoms with E-state index in [1.807, 2.05) is 0 Å². The predicted octanol–water partition coefficient (Wildman–Crippen LogP) is 4.40. The van der Waals surface area contributed by atoms with Gasteiger partial charge in [0.05, 0.1) is 54.4 Å². The molecule has 38 heavy (non-hydrogen) atoms. The van der Waals surface area contributed by atoms with Crippen LogP contribution < -0.4 is 25.8 Å². The van der Waals surface area contributed by atoms with Crippen LogP contribution in [0.4, 0.5) is 36.1 Å². The number of benzene rings is 1. The lowest BCUT2D eigenvalue weighted by molar-refractivity contribution is -0.0579. The van der Waals surface area contributed by atoms with Gasteiger partial charge in [-0.25, -0.2) is 18.2 Å². The van der Waals surface area contributed by atoms with Gasteiger partial charge in [0.2, 0.25) is 5.75 Å². The Bertz CT molecular complexity index is 1480. The molecule has 2 N–H and O–H groups in total. The maximum atomic E-state index is 14.9. The highest BCUT2D eigenvalue weighted by Crippen LogP contribution is 2.45. The minimum atomic E-state index is -3.12. The van der Waals surface area contributed by atoms with Gasteiger partial charge in [-0.3, -0.25) is 4.79 Å². The minimum absolute atomic E-state index is 0.125. The molecule has 1 saturated carbocycles. The number of anilines is 4. The number of ether oxygens (including phenoxy) is 2. The van der Waals surface area contributed by atoms with Crippen molar-refractivity contribution in [3.8, 4) is 5.75 Å². The number of alkyl halides is 2. The number of pyridine rings is 2. The fourth-order valence-corrected chi connectivity index (χ4v) is 6.11. The van der Waals surface area contributed by atoms with Crippen molar-refractivity contribution in [1.29, 1.82) is 0 Å². The summed E-state index contributed by atoms with van der Waals surface area (Å²) in [6, 6.07) is 6.20. The Morgan fingerprint density at radius 3 is 2.63 bits per heavy atom. The summed E-state index contributed by atoms with van der Waals surface area (Å²) in [4.78, 5) is 19.6. The quantitative estimate of drug-likeness (QED) is 0.521. The van der Waals surface area contributed by atoms with Gasteiger partial charge in [0.1, 0.15) is 5.82 Å². The standard InChI is InChI=1S/C27H28F3N5O3/c1-34-21-7-4-15(32-20-9-22(31-10-19(20)28)35-16-5-6-17(35)12-37-11-16)8-18(21)23-24(26(34)36)38-13-27(29,30)25(33-23)14-2-3-14/h4,7-10,14,16-17,25,33H,2-3,5-6,11-13H2,1H3,(H,31,32)/t16-,17+,25?. The average molecular weight is 528 g/mol. The molecule has 4 aliphatic rings. The molecule has 3 aliphatic heterocycles. The van der Waals surface area contributed by atoms with Gasteiger partial charge in [0.25, 0.3) is 5.56 Å². The number of rotatable bonds is 4. The summed E-state index contributed by atoms with van der Waals surface area (Å²) < 4.78 is 57.2. The van der Waals surface area contributed by atoms with E-state index in [-0.39, 0.29) is 35.1 Å². The smallest absolute Gasteiger partial charge is 0.301 e. The van der Waals surface area contributed by atoms with Gasteiger partial charge in [0.15, 0.2) is 12.4 Å². The summed E-state index contributed by atoms with van der Waals surface area (Å²) in [5.41, 5.74) is 1.11. The highest BCUT2D eigenvalue weighted by atomic mass is 19.3. The second-order valence-corrected chi connectivity index (χ2v) is 10.8. The summed E-state index contributed by atoms with van der Waals surface area (Å²) in [7, 11) is 1.58. The third-order valence-corrected chi connectivity index (χ3v) is 8.24. The van der Waals surface area contributed by atoms with Gasteiger partial charge in [-0.1, -0.05) is 0 Å². The zero-order valence-electron chi connectivity index (χ0n) is 20.8. The molecular weight excluding hydrogens is 499 g/mol. The van der Waals surface area contributed by atoms with Crippen LogP contribution in [0.15, 0.2) is 35.3 Å². The maximum absolute atomic E-state index is 14.9. The molecule has 11 heteroatoms. The van der Waals surface area contributed by atoms with Crippen LogP contribution in [0.5, 0.6) is 5.75 Å². The summed E-state index contributed by atoms with van der Waals surface area (Å²) in [5.74, 6) is -3.25. The Balaban J connectivity index is 1.28. The third-order valence-electron chi connectivity index (χ3n) is 8.24. The number of halogens is 3. The second kappa shape index (κ2) is 8.52. The molecule has 3 atom stereocenters. The van der Waals surface area contributed by atoms with Gasteiger partial charge in [-0.15, -0.1) is 0 Å². The van der Waals surface area contributed by atoms with Crippen LogP contribution in [0.3, 0.4) is 0 Å². The summed E-state index contributed by atoms with van der Waals surface area (Å²) in [6.45, 7) is 0.396. The van der Waals surface area contributed by atoms with Crippen molar-refractivity contribution in [1.82, 2.24) is 9.55 Å². The summed E-state index contributed by atoms with van der Waals surface area (Å²) >= 11 is 0. The van der Waals surface area contributed by atoms with E-state index < -0.39 is 29.9 Å². The first-order valence-corrected chi connectivity index (χ1v) is 13.0. The molecule has 0 spiro atoms. The number of morpholine rings is 1. The SMILES string of the molecule is Cn1c(=O)c2c(c3cc(Nc4cc(N5[C@@H]6CC[C@H]5COC6)ncc4F)ccc31)NC(C1CC1)C(F)(F)CO2. The van der Waals surface area contributed by atoms with Gasteiger partial charge in [-0.2, -0.15) is 0 Å². The number of nitrogens with zero attached hydrogens (tertiary/aromatic N) is 3. The summed E-state index contributed by atoms with van der Waals surface area (Å²) in [6.07, 6.45) is 4.63. The van der Waals surface area contributed by atoms with Crippen molar-refractivity contribution in [3.63, 3.8) is 0 Å². The fourth-order valence-electron chi connectivity index (χ4n) is 6.11. The molecule has 0 amide bonds. The number of aryl methyl sites for hydroxylation is 1. The molecule has 7 rings (SSSR count). The average Bonchev–Trinajstić information content (AvgIpc) is 3.71. The first kappa shape index (κ1) is 23.6. The molecule has 1 aromatic carbocycles. The molecule has 2 saturated heterocycles. The first-order valence-electron chi connectivity index (χ1n) is 13.0. The Kier molecular flexibility index (Phi) is 5.30. The Hall–Kier alpha value is -3.47. The van der Waals surface area contributed by atoms with Gasteiger partial charge < -0.3 is 29.6 Å². The molecule has 5 heterocycles. The number of fused-ring (bicyclic) bond motifs is 5. The molecule has 2 aromatic heterocycles. The van der Waals surface area contributed by atoms with E-state index >= 15 is 0 Å². The largest absolute Gasteiger partial charge is 0.480 e. The Morgan fingerprint density at radius 2 is 1.89 bits per heavy atom. The lowest BCUT2D eigenvalue weighted by Gasteiger charge is -2.35. The van der Waals surface area contributed by atoms with E-state index in [0.29, 0.717) is 48.5 Å². The molecule has 3 aromatic rings. The van der Waals surface area contributed by atoms with Crippen molar-refractivity contribution >= 4 is 33.8 Å². The molecule has 1 unspecified atom stereocenters. The highest BCUT2D eigenvalue weighted by molar-refractivity contribution is 5.97. The predicted molar refractivity (Wildman–Crippen MR) is 137 cm³/mol. The Labute approximate surface area is 216 Å². The van der Waals surface area contributed by atoms with Crippen LogP contribution in [0.1, 0.15) is 25.7 Å².